The molecular weight excluding hydrogens is 288 g/mol. The van der Waals surface area contributed by atoms with Gasteiger partial charge in [-0.15, -0.1) is 0 Å². The van der Waals surface area contributed by atoms with Crippen LogP contribution in [0, 0.1) is 22.7 Å². The lowest BCUT2D eigenvalue weighted by molar-refractivity contribution is 0.267. The Morgan fingerprint density at radius 1 is 1.09 bits per heavy atom. The number of benzene rings is 1. The van der Waals surface area contributed by atoms with E-state index in [9.17, 15) is 5.11 Å². The van der Waals surface area contributed by atoms with Crippen LogP contribution in [0.2, 0.25) is 0 Å². The largest absolute Gasteiger partial charge is 0.394 e. The highest BCUT2D eigenvalue weighted by molar-refractivity contribution is 5.45. The summed E-state index contributed by atoms with van der Waals surface area (Å²) in [5.74, 6) is 0. The van der Waals surface area contributed by atoms with Crippen LogP contribution in [-0.4, -0.2) is 21.5 Å². The fourth-order valence-electron chi connectivity index (χ4n) is 2.88. The van der Waals surface area contributed by atoms with Crippen LogP contribution < -0.4 is 0 Å². The van der Waals surface area contributed by atoms with E-state index in [1.54, 1.807) is 6.07 Å². The van der Waals surface area contributed by atoms with Crippen LogP contribution in [0.25, 0.3) is 0 Å². The molecule has 0 amide bonds. The molecule has 0 fully saturated rings. The van der Waals surface area contributed by atoms with Crippen molar-refractivity contribution in [1.29, 1.82) is 10.5 Å². The van der Waals surface area contributed by atoms with Gasteiger partial charge in [-0.2, -0.15) is 15.6 Å². The second-order valence-electron chi connectivity index (χ2n) is 5.34. The zero-order chi connectivity index (χ0) is 16.8. The zero-order valence-electron chi connectivity index (χ0n) is 13.5. The third kappa shape index (κ3) is 3.59. The number of nitriles is 2. The molecule has 0 spiro atoms. The van der Waals surface area contributed by atoms with E-state index in [2.05, 4.69) is 31.1 Å². The van der Waals surface area contributed by atoms with Gasteiger partial charge < -0.3 is 5.11 Å². The Bertz CT molecular complexity index is 745. The predicted molar refractivity (Wildman–Crippen MR) is 86.7 cm³/mol. The van der Waals surface area contributed by atoms with Gasteiger partial charge in [0.25, 0.3) is 0 Å². The summed E-state index contributed by atoms with van der Waals surface area (Å²) in [5, 5.41) is 32.0. The minimum atomic E-state index is 0.0553. The number of hydrogen-bond donors (Lipinski definition) is 1. The maximum atomic E-state index is 9.21. The molecule has 23 heavy (non-hydrogen) atoms. The first-order chi connectivity index (χ1) is 11.2. The summed E-state index contributed by atoms with van der Waals surface area (Å²) in [6, 6.07) is 9.45. The first kappa shape index (κ1) is 16.7. The number of hydrogen-bond acceptors (Lipinski definition) is 4. The van der Waals surface area contributed by atoms with E-state index in [4.69, 9.17) is 10.5 Å². The molecule has 1 N–H and O–H groups in total. The first-order valence-corrected chi connectivity index (χ1v) is 7.79. The summed E-state index contributed by atoms with van der Waals surface area (Å²) in [7, 11) is 0. The van der Waals surface area contributed by atoms with Gasteiger partial charge in [0.2, 0.25) is 0 Å². The Balaban J connectivity index is 2.47. The van der Waals surface area contributed by atoms with Gasteiger partial charge in [-0.3, -0.25) is 4.68 Å². The number of aryl methyl sites for hydroxylation is 1. The number of aromatic nitrogens is 2. The quantitative estimate of drug-likeness (QED) is 0.887. The van der Waals surface area contributed by atoms with Gasteiger partial charge in [-0.1, -0.05) is 13.8 Å². The van der Waals surface area contributed by atoms with Gasteiger partial charge in [0, 0.05) is 17.7 Å². The number of nitrogens with zero attached hydrogens (tertiary/aromatic N) is 4. The molecule has 0 aliphatic rings. The smallest absolute Gasteiger partial charge is 0.0992 e. The average Bonchev–Trinajstić information content (AvgIpc) is 2.91. The molecule has 0 saturated heterocycles. The molecule has 1 aromatic carbocycles. The molecule has 0 radical (unpaired) electrons. The third-order valence-electron chi connectivity index (χ3n) is 3.86. The van der Waals surface area contributed by atoms with E-state index in [0.29, 0.717) is 24.1 Å². The van der Waals surface area contributed by atoms with Crippen LogP contribution in [0.15, 0.2) is 18.2 Å². The van der Waals surface area contributed by atoms with E-state index in [-0.39, 0.29) is 6.61 Å². The van der Waals surface area contributed by atoms with Gasteiger partial charge in [0.1, 0.15) is 0 Å². The summed E-state index contributed by atoms with van der Waals surface area (Å²) < 4.78 is 1.87. The lowest BCUT2D eigenvalue weighted by atomic mass is 9.97. The Hall–Kier alpha value is -2.63. The van der Waals surface area contributed by atoms with Crippen LogP contribution >= 0.6 is 0 Å². The maximum absolute atomic E-state index is 9.21. The average molecular weight is 308 g/mol. The van der Waals surface area contributed by atoms with Crippen molar-refractivity contribution >= 4 is 0 Å². The lowest BCUT2D eigenvalue weighted by Gasteiger charge is -2.08. The summed E-state index contributed by atoms with van der Waals surface area (Å²) in [4.78, 5) is 0. The fraction of sp³-hybridized carbons (Fsp3) is 0.389. The number of aliphatic hydroxyl groups is 1. The molecule has 118 valence electrons. The van der Waals surface area contributed by atoms with Gasteiger partial charge in [0.05, 0.1) is 42.1 Å². The molecule has 0 saturated carbocycles. The summed E-state index contributed by atoms with van der Waals surface area (Å²) in [6.45, 7) is 4.67. The van der Waals surface area contributed by atoms with E-state index < -0.39 is 0 Å². The second-order valence-corrected chi connectivity index (χ2v) is 5.34. The first-order valence-electron chi connectivity index (χ1n) is 7.79. The monoisotopic (exact) mass is 308 g/mol. The Morgan fingerprint density at radius 3 is 2.22 bits per heavy atom. The van der Waals surface area contributed by atoms with Crippen molar-refractivity contribution in [2.75, 3.05) is 6.61 Å². The molecule has 5 nitrogen and oxygen atoms in total. The molecule has 2 rings (SSSR count). The molecule has 2 aromatic rings. The molecule has 5 heteroatoms. The minimum Gasteiger partial charge on any atom is -0.394 e. The van der Waals surface area contributed by atoms with E-state index in [1.807, 2.05) is 16.8 Å². The van der Waals surface area contributed by atoms with Gasteiger partial charge in [0.15, 0.2) is 0 Å². The van der Waals surface area contributed by atoms with Crippen molar-refractivity contribution < 1.29 is 5.11 Å². The van der Waals surface area contributed by atoms with Gasteiger partial charge in [-0.25, -0.2) is 0 Å². The van der Waals surface area contributed by atoms with E-state index in [0.717, 1.165) is 35.4 Å². The van der Waals surface area contributed by atoms with Crippen LogP contribution in [0.3, 0.4) is 0 Å². The summed E-state index contributed by atoms with van der Waals surface area (Å²) in [6.07, 6.45) is 2.27. The second kappa shape index (κ2) is 7.58. The summed E-state index contributed by atoms with van der Waals surface area (Å²) >= 11 is 0. The topological polar surface area (TPSA) is 85.6 Å². The molecule has 1 aromatic heterocycles. The van der Waals surface area contributed by atoms with Crippen molar-refractivity contribution in [1.82, 2.24) is 9.78 Å². The van der Waals surface area contributed by atoms with Crippen molar-refractivity contribution in [3.63, 3.8) is 0 Å². The molecule has 0 aliphatic carbocycles. The van der Waals surface area contributed by atoms with Crippen molar-refractivity contribution in [3.05, 3.63) is 51.8 Å². The normalized spacial score (nSPS) is 10.3. The van der Waals surface area contributed by atoms with E-state index in [1.165, 1.54) is 0 Å². The highest BCUT2D eigenvalue weighted by Crippen LogP contribution is 2.22. The zero-order valence-corrected chi connectivity index (χ0v) is 13.5. The standard InChI is InChI=1S/C18H20N4O/c1-3-17-16(18(4-2)22(21-17)5-6-23)10-13-7-14(11-19)9-15(8-13)12-20/h7-9,23H,3-6,10H2,1-2H3. The van der Waals surface area contributed by atoms with Gasteiger partial charge >= 0.3 is 0 Å². The van der Waals surface area contributed by atoms with E-state index >= 15 is 0 Å². The maximum Gasteiger partial charge on any atom is 0.0992 e. The van der Waals surface area contributed by atoms with Gasteiger partial charge in [-0.05, 0) is 36.6 Å². The Kier molecular flexibility index (Phi) is 5.51. The third-order valence-corrected chi connectivity index (χ3v) is 3.86. The van der Waals surface area contributed by atoms with Crippen molar-refractivity contribution in [3.8, 4) is 12.1 Å². The Morgan fingerprint density at radius 2 is 1.74 bits per heavy atom. The summed E-state index contributed by atoms with van der Waals surface area (Å²) in [5.41, 5.74) is 5.19. The van der Waals surface area contributed by atoms with Crippen LogP contribution in [0.4, 0.5) is 0 Å². The highest BCUT2D eigenvalue weighted by atomic mass is 16.3. The predicted octanol–water partition coefficient (Wildman–Crippen LogP) is 2.33. The van der Waals surface area contributed by atoms with Crippen LogP contribution in [0.1, 0.15) is 47.5 Å². The molecule has 0 bridgehead atoms. The highest BCUT2D eigenvalue weighted by Gasteiger charge is 2.16. The van der Waals surface area contributed by atoms with Crippen LogP contribution in [0.5, 0.6) is 0 Å². The minimum absolute atomic E-state index is 0.0553. The van der Waals surface area contributed by atoms with Crippen molar-refractivity contribution in [2.45, 2.75) is 39.7 Å². The van der Waals surface area contributed by atoms with Crippen LogP contribution in [-0.2, 0) is 25.8 Å². The lowest BCUT2D eigenvalue weighted by Crippen LogP contribution is -2.08. The number of aliphatic hydroxyl groups excluding tert-OH is 1. The molecule has 1 heterocycles. The molecule has 0 aliphatic heterocycles. The molecule has 0 atom stereocenters. The fourth-order valence-corrected chi connectivity index (χ4v) is 2.88. The molecule has 0 unspecified atom stereocenters. The molecular formula is C18H20N4O. The number of rotatable bonds is 6. The van der Waals surface area contributed by atoms with Crippen molar-refractivity contribution in [2.24, 2.45) is 0 Å². The Labute approximate surface area is 136 Å². The SMILES string of the molecule is CCc1nn(CCO)c(CC)c1Cc1cc(C#N)cc(C#N)c1.